The molecule has 0 aliphatic carbocycles. The van der Waals surface area contributed by atoms with Gasteiger partial charge >= 0.3 is 11.9 Å². The van der Waals surface area contributed by atoms with Gasteiger partial charge in [-0.15, -0.1) is 0 Å². The lowest BCUT2D eigenvalue weighted by atomic mass is 9.82. The lowest BCUT2D eigenvalue weighted by molar-refractivity contribution is -0.164. The summed E-state index contributed by atoms with van der Waals surface area (Å²) in [4.78, 5) is 21.7. The molecule has 0 aliphatic rings. The monoisotopic (exact) mass is 200 g/mol. The van der Waals surface area contributed by atoms with Crippen LogP contribution in [0.4, 0.5) is 0 Å². The van der Waals surface area contributed by atoms with Crippen LogP contribution in [0.25, 0.3) is 0 Å². The summed E-state index contributed by atoms with van der Waals surface area (Å²) in [5.74, 6) is -2.54. The van der Waals surface area contributed by atoms with Crippen molar-refractivity contribution >= 4 is 11.9 Å². The minimum Gasteiger partial charge on any atom is -0.480 e. The van der Waals surface area contributed by atoms with Crippen LogP contribution in [0.3, 0.4) is 0 Å². The van der Waals surface area contributed by atoms with Crippen molar-refractivity contribution in [3.05, 3.63) is 12.2 Å². The molecule has 0 aromatic carbocycles. The molecule has 0 unspecified atom stereocenters. The molecule has 0 aromatic heterocycles. The van der Waals surface area contributed by atoms with Gasteiger partial charge in [0.2, 0.25) is 0 Å². The smallest absolute Gasteiger partial charge is 0.321 e. The van der Waals surface area contributed by atoms with Gasteiger partial charge in [0.1, 0.15) is 0 Å². The predicted molar refractivity (Wildman–Crippen MR) is 52.0 cm³/mol. The van der Waals surface area contributed by atoms with Crippen molar-refractivity contribution in [3.63, 3.8) is 0 Å². The largest absolute Gasteiger partial charge is 0.480 e. The molecule has 0 rings (SSSR count). The van der Waals surface area contributed by atoms with Crippen LogP contribution in [-0.4, -0.2) is 22.2 Å². The second-order valence-corrected chi connectivity index (χ2v) is 3.13. The number of hydrogen-bond acceptors (Lipinski definition) is 2. The highest BCUT2D eigenvalue weighted by molar-refractivity contribution is 5.98. The van der Waals surface area contributed by atoms with Gasteiger partial charge in [-0.05, 0) is 19.3 Å². The minimum absolute atomic E-state index is 0.0437. The van der Waals surface area contributed by atoms with Crippen LogP contribution in [0.15, 0.2) is 12.2 Å². The molecule has 0 aliphatic heterocycles. The van der Waals surface area contributed by atoms with Crippen molar-refractivity contribution in [1.82, 2.24) is 0 Å². The molecular formula is C10H16O4. The molecule has 0 saturated heterocycles. The Morgan fingerprint density at radius 3 is 1.93 bits per heavy atom. The van der Waals surface area contributed by atoms with Crippen LogP contribution < -0.4 is 0 Å². The summed E-state index contributed by atoms with van der Waals surface area (Å²) in [6, 6.07) is 0. The first-order valence-electron chi connectivity index (χ1n) is 4.63. The first-order valence-corrected chi connectivity index (χ1v) is 4.63. The Labute approximate surface area is 83.2 Å². The fourth-order valence-corrected chi connectivity index (χ4v) is 1.16. The summed E-state index contributed by atoms with van der Waals surface area (Å²) in [6.45, 7) is 3.48. The van der Waals surface area contributed by atoms with E-state index in [0.717, 1.165) is 6.42 Å². The maximum atomic E-state index is 10.9. The molecule has 14 heavy (non-hydrogen) atoms. The zero-order valence-electron chi connectivity index (χ0n) is 8.49. The molecule has 0 spiro atoms. The van der Waals surface area contributed by atoms with E-state index in [9.17, 15) is 9.59 Å². The van der Waals surface area contributed by atoms with Gasteiger partial charge in [-0.1, -0.05) is 26.0 Å². The number of aliphatic carboxylic acids is 2. The highest BCUT2D eigenvalue weighted by Gasteiger charge is 2.43. The topological polar surface area (TPSA) is 74.6 Å². The minimum atomic E-state index is -1.66. The molecule has 0 bridgehead atoms. The van der Waals surface area contributed by atoms with E-state index in [4.69, 9.17) is 10.2 Å². The van der Waals surface area contributed by atoms with E-state index in [-0.39, 0.29) is 12.8 Å². The second-order valence-electron chi connectivity index (χ2n) is 3.13. The van der Waals surface area contributed by atoms with E-state index in [1.807, 2.05) is 6.92 Å². The second kappa shape index (κ2) is 5.42. The molecule has 2 N–H and O–H groups in total. The van der Waals surface area contributed by atoms with E-state index in [2.05, 4.69) is 0 Å². The molecule has 4 nitrogen and oxygen atoms in total. The van der Waals surface area contributed by atoms with Gasteiger partial charge in [-0.2, -0.15) is 0 Å². The fourth-order valence-electron chi connectivity index (χ4n) is 1.16. The Hall–Kier alpha value is -1.32. The summed E-state index contributed by atoms with van der Waals surface area (Å²) in [5.41, 5.74) is -1.66. The lowest BCUT2D eigenvalue weighted by Crippen LogP contribution is -2.38. The zero-order chi connectivity index (χ0) is 11.2. The summed E-state index contributed by atoms with van der Waals surface area (Å²) in [5, 5.41) is 17.8. The Kier molecular flexibility index (Phi) is 4.91. The predicted octanol–water partition coefficient (Wildman–Crippen LogP) is 1.91. The van der Waals surface area contributed by atoms with Crippen LogP contribution in [0.1, 0.15) is 33.1 Å². The molecular weight excluding hydrogens is 184 g/mol. The highest BCUT2D eigenvalue weighted by atomic mass is 16.4. The maximum absolute atomic E-state index is 10.9. The number of carboxylic acids is 2. The van der Waals surface area contributed by atoms with Gasteiger partial charge in [-0.3, -0.25) is 9.59 Å². The van der Waals surface area contributed by atoms with Gasteiger partial charge in [0, 0.05) is 0 Å². The van der Waals surface area contributed by atoms with E-state index in [0.29, 0.717) is 0 Å². The third-order valence-electron chi connectivity index (χ3n) is 2.29. The van der Waals surface area contributed by atoms with Crippen molar-refractivity contribution in [3.8, 4) is 0 Å². The van der Waals surface area contributed by atoms with E-state index < -0.39 is 17.4 Å². The van der Waals surface area contributed by atoms with Gasteiger partial charge in [0.15, 0.2) is 5.41 Å². The average molecular weight is 200 g/mol. The van der Waals surface area contributed by atoms with Gasteiger partial charge in [-0.25, -0.2) is 0 Å². The van der Waals surface area contributed by atoms with Crippen LogP contribution in [0.5, 0.6) is 0 Å². The summed E-state index contributed by atoms with van der Waals surface area (Å²) < 4.78 is 0. The standard InChI is InChI=1S/C10H16O4/c1-3-5-6-7-10(4-2,8(11)12)9(13)14/h5-6H,3-4,7H2,1-2H3,(H,11,12)(H,13,14). The first kappa shape index (κ1) is 12.7. The molecule has 4 heteroatoms. The normalized spacial score (nSPS) is 11.9. The first-order chi connectivity index (χ1) is 6.51. The van der Waals surface area contributed by atoms with Gasteiger partial charge < -0.3 is 10.2 Å². The lowest BCUT2D eigenvalue weighted by Gasteiger charge is -2.21. The van der Waals surface area contributed by atoms with Crippen molar-refractivity contribution < 1.29 is 19.8 Å². The molecule has 0 radical (unpaired) electrons. The SMILES string of the molecule is CCC=CCC(CC)(C(=O)O)C(=O)O. The number of hydrogen-bond donors (Lipinski definition) is 2. The quantitative estimate of drug-likeness (QED) is 0.507. The van der Waals surface area contributed by atoms with Crippen molar-refractivity contribution in [2.24, 2.45) is 5.41 Å². The Morgan fingerprint density at radius 2 is 1.64 bits per heavy atom. The molecule has 0 amide bonds. The van der Waals surface area contributed by atoms with E-state index in [1.165, 1.54) is 0 Å². The van der Waals surface area contributed by atoms with Crippen LogP contribution in [0, 0.1) is 5.41 Å². The van der Waals surface area contributed by atoms with E-state index >= 15 is 0 Å². The van der Waals surface area contributed by atoms with E-state index in [1.54, 1.807) is 19.1 Å². The Morgan fingerprint density at radius 1 is 1.14 bits per heavy atom. The third-order valence-corrected chi connectivity index (χ3v) is 2.29. The number of rotatable bonds is 6. The van der Waals surface area contributed by atoms with Crippen molar-refractivity contribution in [2.75, 3.05) is 0 Å². The average Bonchev–Trinajstić information content (AvgIpc) is 2.11. The molecule has 0 atom stereocenters. The Bertz CT molecular complexity index is 229. The maximum Gasteiger partial charge on any atom is 0.321 e. The number of allylic oxidation sites excluding steroid dienone is 2. The zero-order valence-corrected chi connectivity index (χ0v) is 8.49. The van der Waals surface area contributed by atoms with Crippen molar-refractivity contribution in [2.45, 2.75) is 33.1 Å². The molecule has 80 valence electrons. The highest BCUT2D eigenvalue weighted by Crippen LogP contribution is 2.28. The summed E-state index contributed by atoms with van der Waals surface area (Å²) in [6.07, 6.45) is 4.30. The number of carboxylic acid groups (broad SMARTS) is 2. The molecule has 0 heterocycles. The number of carbonyl (C=O) groups is 2. The van der Waals surface area contributed by atoms with Gasteiger partial charge in [0.25, 0.3) is 0 Å². The van der Waals surface area contributed by atoms with Crippen LogP contribution in [0.2, 0.25) is 0 Å². The molecule has 0 saturated carbocycles. The summed E-state index contributed by atoms with van der Waals surface area (Å²) in [7, 11) is 0. The molecule has 0 fully saturated rings. The van der Waals surface area contributed by atoms with Gasteiger partial charge in [0.05, 0.1) is 0 Å². The molecule has 0 aromatic rings. The summed E-state index contributed by atoms with van der Waals surface area (Å²) >= 11 is 0. The van der Waals surface area contributed by atoms with Crippen molar-refractivity contribution in [1.29, 1.82) is 0 Å². The third kappa shape index (κ3) is 2.58. The fraction of sp³-hybridized carbons (Fsp3) is 0.600. The Balaban J connectivity index is 4.77. The van der Waals surface area contributed by atoms with Crippen LogP contribution in [-0.2, 0) is 9.59 Å². The van der Waals surface area contributed by atoms with Crippen LogP contribution >= 0.6 is 0 Å².